The van der Waals surface area contributed by atoms with Crippen LogP contribution in [0.15, 0.2) is 18.2 Å². The molecule has 94 valence electrons. The van der Waals surface area contributed by atoms with E-state index in [0.29, 0.717) is 5.75 Å². The van der Waals surface area contributed by atoms with Crippen LogP contribution >= 0.6 is 0 Å². The number of fused-ring (bicyclic) bond motifs is 1. The summed E-state index contributed by atoms with van der Waals surface area (Å²) in [4.78, 5) is 0. The number of hydrogen-bond donors (Lipinski definition) is 2. The van der Waals surface area contributed by atoms with Crippen LogP contribution in [0.1, 0.15) is 18.0 Å². The van der Waals surface area contributed by atoms with E-state index in [1.807, 2.05) is 0 Å². The number of benzene rings is 1. The van der Waals surface area contributed by atoms with Crippen molar-refractivity contribution in [3.8, 4) is 11.5 Å². The van der Waals surface area contributed by atoms with Gasteiger partial charge in [0.25, 0.3) is 0 Å². The molecule has 0 saturated heterocycles. The molecule has 1 heterocycles. The zero-order valence-electron chi connectivity index (χ0n) is 8.92. The van der Waals surface area contributed by atoms with E-state index in [4.69, 9.17) is 4.74 Å². The molecule has 1 aromatic rings. The summed E-state index contributed by atoms with van der Waals surface area (Å²) < 4.78 is 41.2. The Hall–Kier alpha value is -1.43. The maximum atomic E-state index is 12.0. The number of alkyl halides is 3. The fourth-order valence-electron chi connectivity index (χ4n) is 1.76. The molecule has 0 bridgehead atoms. The van der Waals surface area contributed by atoms with Gasteiger partial charge in [0.1, 0.15) is 18.1 Å². The highest BCUT2D eigenvalue weighted by molar-refractivity contribution is 5.44. The minimum atomic E-state index is -4.15. The second kappa shape index (κ2) is 4.44. The first kappa shape index (κ1) is 12.0. The van der Waals surface area contributed by atoms with Crippen molar-refractivity contribution in [2.75, 3.05) is 13.2 Å². The maximum Gasteiger partial charge on any atom is 0.390 e. The number of hydrogen-bond acceptors (Lipinski definition) is 3. The van der Waals surface area contributed by atoms with Crippen molar-refractivity contribution in [1.29, 1.82) is 0 Å². The Morgan fingerprint density at radius 2 is 2.18 bits per heavy atom. The SMILES string of the molecule is Oc1ccc2c(c1)OCC2NCCC(F)(F)F. The molecule has 1 aliphatic rings. The molecule has 1 unspecified atom stereocenters. The lowest BCUT2D eigenvalue weighted by Crippen LogP contribution is -2.27. The molecule has 0 aromatic heterocycles. The fourth-order valence-corrected chi connectivity index (χ4v) is 1.76. The second-order valence-electron chi connectivity index (χ2n) is 3.91. The molecule has 0 spiro atoms. The van der Waals surface area contributed by atoms with E-state index >= 15 is 0 Å². The van der Waals surface area contributed by atoms with Crippen molar-refractivity contribution in [3.05, 3.63) is 23.8 Å². The quantitative estimate of drug-likeness (QED) is 0.861. The van der Waals surface area contributed by atoms with Crippen LogP contribution in [-0.2, 0) is 0 Å². The number of phenolic OH excluding ortho intramolecular Hbond substituents is 1. The number of nitrogens with one attached hydrogen (secondary N) is 1. The first-order chi connectivity index (χ1) is 7.96. The molecule has 0 amide bonds. The molecule has 0 radical (unpaired) electrons. The van der Waals surface area contributed by atoms with E-state index in [0.717, 1.165) is 5.56 Å². The molecule has 0 aliphatic carbocycles. The molecule has 6 heteroatoms. The average Bonchev–Trinajstić information content (AvgIpc) is 2.59. The van der Waals surface area contributed by atoms with Gasteiger partial charge in [-0.25, -0.2) is 0 Å². The van der Waals surface area contributed by atoms with Gasteiger partial charge in [-0.3, -0.25) is 0 Å². The smallest absolute Gasteiger partial charge is 0.390 e. The van der Waals surface area contributed by atoms with E-state index in [1.54, 1.807) is 6.07 Å². The number of ether oxygens (including phenoxy) is 1. The van der Waals surface area contributed by atoms with Crippen LogP contribution in [0.5, 0.6) is 11.5 Å². The van der Waals surface area contributed by atoms with Crippen molar-refractivity contribution in [2.24, 2.45) is 0 Å². The fraction of sp³-hybridized carbons (Fsp3) is 0.455. The highest BCUT2D eigenvalue weighted by atomic mass is 19.4. The van der Waals surface area contributed by atoms with Gasteiger partial charge in [-0.05, 0) is 12.1 Å². The van der Waals surface area contributed by atoms with Gasteiger partial charge >= 0.3 is 6.18 Å². The predicted molar refractivity (Wildman–Crippen MR) is 55.0 cm³/mol. The monoisotopic (exact) mass is 247 g/mol. The van der Waals surface area contributed by atoms with Crippen molar-refractivity contribution in [3.63, 3.8) is 0 Å². The minimum Gasteiger partial charge on any atom is -0.508 e. The van der Waals surface area contributed by atoms with E-state index in [1.165, 1.54) is 12.1 Å². The first-order valence-electron chi connectivity index (χ1n) is 5.21. The third-order valence-electron chi connectivity index (χ3n) is 2.58. The van der Waals surface area contributed by atoms with Crippen molar-refractivity contribution < 1.29 is 23.0 Å². The number of halogens is 3. The van der Waals surface area contributed by atoms with E-state index in [2.05, 4.69) is 5.32 Å². The predicted octanol–water partition coefficient (Wildman–Crippen LogP) is 2.37. The van der Waals surface area contributed by atoms with Crippen molar-refractivity contribution >= 4 is 0 Å². The largest absolute Gasteiger partial charge is 0.508 e. The number of aromatic hydroxyl groups is 1. The second-order valence-corrected chi connectivity index (χ2v) is 3.91. The number of rotatable bonds is 3. The minimum absolute atomic E-state index is 0.0830. The van der Waals surface area contributed by atoms with Crippen LogP contribution in [-0.4, -0.2) is 24.4 Å². The molecular weight excluding hydrogens is 235 g/mol. The Morgan fingerprint density at radius 1 is 1.41 bits per heavy atom. The lowest BCUT2D eigenvalue weighted by molar-refractivity contribution is -0.133. The molecule has 1 atom stereocenters. The molecule has 0 saturated carbocycles. The van der Waals surface area contributed by atoms with Crippen molar-refractivity contribution in [1.82, 2.24) is 5.32 Å². The Balaban J connectivity index is 1.94. The van der Waals surface area contributed by atoms with Crippen LogP contribution < -0.4 is 10.1 Å². The normalized spacial score (nSPS) is 18.9. The van der Waals surface area contributed by atoms with E-state index < -0.39 is 12.6 Å². The van der Waals surface area contributed by atoms with Crippen molar-refractivity contribution in [2.45, 2.75) is 18.6 Å². The van der Waals surface area contributed by atoms with Gasteiger partial charge in [-0.2, -0.15) is 13.2 Å². The third-order valence-corrected chi connectivity index (χ3v) is 2.58. The lowest BCUT2D eigenvalue weighted by Gasteiger charge is -2.12. The molecule has 2 N–H and O–H groups in total. The van der Waals surface area contributed by atoms with E-state index in [-0.39, 0.29) is 24.9 Å². The summed E-state index contributed by atoms with van der Waals surface area (Å²) in [5, 5.41) is 12.0. The first-order valence-corrected chi connectivity index (χ1v) is 5.21. The summed E-state index contributed by atoms with van der Waals surface area (Å²) in [7, 11) is 0. The summed E-state index contributed by atoms with van der Waals surface area (Å²) in [6.45, 7) is 0.147. The molecular formula is C11H12F3NO2. The van der Waals surface area contributed by atoms with Gasteiger partial charge < -0.3 is 15.2 Å². The molecule has 0 fully saturated rings. The number of phenols is 1. The highest BCUT2D eigenvalue weighted by Gasteiger charge is 2.29. The Kier molecular flexibility index (Phi) is 3.15. The summed E-state index contributed by atoms with van der Waals surface area (Å²) in [5.74, 6) is 0.606. The van der Waals surface area contributed by atoms with Crippen LogP contribution in [0.3, 0.4) is 0 Å². The molecule has 3 nitrogen and oxygen atoms in total. The summed E-state index contributed by atoms with van der Waals surface area (Å²) in [5.41, 5.74) is 0.782. The lowest BCUT2D eigenvalue weighted by atomic mass is 10.1. The van der Waals surface area contributed by atoms with Crippen LogP contribution in [0.4, 0.5) is 13.2 Å². The Bertz CT molecular complexity index is 406. The Labute approximate surface area is 96.2 Å². The van der Waals surface area contributed by atoms with Gasteiger partial charge in [-0.1, -0.05) is 0 Å². The average molecular weight is 247 g/mol. The van der Waals surface area contributed by atoms with E-state index in [9.17, 15) is 18.3 Å². The zero-order chi connectivity index (χ0) is 12.5. The summed E-state index contributed by atoms with van der Waals surface area (Å²) in [6.07, 6.45) is -5.01. The van der Waals surface area contributed by atoms with Gasteiger partial charge in [0, 0.05) is 18.2 Å². The molecule has 17 heavy (non-hydrogen) atoms. The highest BCUT2D eigenvalue weighted by Crippen LogP contribution is 2.34. The summed E-state index contributed by atoms with van der Waals surface area (Å²) >= 11 is 0. The van der Waals surface area contributed by atoms with Gasteiger partial charge in [-0.15, -0.1) is 0 Å². The topological polar surface area (TPSA) is 41.5 Å². The van der Waals surface area contributed by atoms with Gasteiger partial charge in [0.15, 0.2) is 0 Å². The summed E-state index contributed by atoms with van der Waals surface area (Å²) in [6, 6.07) is 4.36. The third kappa shape index (κ3) is 3.03. The van der Waals surface area contributed by atoms with Gasteiger partial charge in [0.2, 0.25) is 0 Å². The van der Waals surface area contributed by atoms with Crippen LogP contribution in [0.25, 0.3) is 0 Å². The zero-order valence-corrected chi connectivity index (χ0v) is 8.92. The molecule has 1 aliphatic heterocycles. The molecule has 1 aromatic carbocycles. The maximum absolute atomic E-state index is 12.0. The Morgan fingerprint density at radius 3 is 2.88 bits per heavy atom. The van der Waals surface area contributed by atoms with Crippen LogP contribution in [0, 0.1) is 0 Å². The van der Waals surface area contributed by atoms with Gasteiger partial charge in [0.05, 0.1) is 12.5 Å². The molecule has 2 rings (SSSR count). The van der Waals surface area contributed by atoms with Crippen LogP contribution in [0.2, 0.25) is 0 Å². The standard InChI is InChI=1S/C11H12F3NO2/c12-11(13,14)3-4-15-9-6-17-10-5-7(16)1-2-8(9)10/h1-2,5,9,15-16H,3-4,6H2.